The number of benzene rings is 1. The van der Waals surface area contributed by atoms with Crippen molar-refractivity contribution in [2.45, 2.75) is 19.9 Å². The number of nitrogen functional groups attached to an aromatic ring is 1. The standard InChI is InChI=1S/C15H20N4O/c1-3-9-19(11-12-7-5-4-6-8-12)15(20)14-13(16)10-17-18(14)2/h4-8,10H,3,9,11,16H2,1-2H3. The van der Waals surface area contributed by atoms with Gasteiger partial charge in [0.25, 0.3) is 5.91 Å². The van der Waals surface area contributed by atoms with E-state index < -0.39 is 0 Å². The van der Waals surface area contributed by atoms with E-state index in [1.807, 2.05) is 35.2 Å². The van der Waals surface area contributed by atoms with Crippen LogP contribution in [0.15, 0.2) is 36.5 Å². The summed E-state index contributed by atoms with van der Waals surface area (Å²) in [7, 11) is 1.73. The highest BCUT2D eigenvalue weighted by atomic mass is 16.2. The molecule has 0 radical (unpaired) electrons. The summed E-state index contributed by atoms with van der Waals surface area (Å²) in [6.45, 7) is 3.33. The number of carbonyl (C=O) groups is 1. The Morgan fingerprint density at radius 3 is 2.60 bits per heavy atom. The maximum absolute atomic E-state index is 12.6. The van der Waals surface area contributed by atoms with Crippen LogP contribution in [-0.2, 0) is 13.6 Å². The van der Waals surface area contributed by atoms with Gasteiger partial charge in [-0.05, 0) is 12.0 Å². The van der Waals surface area contributed by atoms with Crippen molar-refractivity contribution < 1.29 is 4.79 Å². The topological polar surface area (TPSA) is 64.2 Å². The Kier molecular flexibility index (Phi) is 4.40. The third-order valence-corrected chi connectivity index (χ3v) is 3.17. The highest BCUT2D eigenvalue weighted by Crippen LogP contribution is 2.15. The van der Waals surface area contributed by atoms with E-state index in [-0.39, 0.29) is 5.91 Å². The van der Waals surface area contributed by atoms with Crippen LogP contribution in [0.3, 0.4) is 0 Å². The molecule has 2 N–H and O–H groups in total. The molecule has 0 bridgehead atoms. The molecule has 1 aromatic heterocycles. The van der Waals surface area contributed by atoms with Gasteiger partial charge in [-0.1, -0.05) is 37.3 Å². The van der Waals surface area contributed by atoms with Gasteiger partial charge in [-0.15, -0.1) is 0 Å². The van der Waals surface area contributed by atoms with E-state index in [1.54, 1.807) is 7.05 Å². The summed E-state index contributed by atoms with van der Waals surface area (Å²) in [5.41, 5.74) is 7.82. The number of rotatable bonds is 5. The second-order valence-electron chi connectivity index (χ2n) is 4.78. The number of nitrogens with zero attached hydrogens (tertiary/aromatic N) is 3. The SMILES string of the molecule is CCCN(Cc1ccccc1)C(=O)c1c(N)cnn1C. The number of anilines is 1. The summed E-state index contributed by atoms with van der Waals surface area (Å²) >= 11 is 0. The minimum Gasteiger partial charge on any atom is -0.396 e. The minimum absolute atomic E-state index is 0.0757. The molecule has 0 aliphatic carbocycles. The Morgan fingerprint density at radius 2 is 2.05 bits per heavy atom. The monoisotopic (exact) mass is 272 g/mol. The van der Waals surface area contributed by atoms with Crippen LogP contribution in [0.1, 0.15) is 29.4 Å². The molecule has 5 heteroatoms. The molecule has 1 heterocycles. The molecule has 0 spiro atoms. The van der Waals surface area contributed by atoms with Crippen molar-refractivity contribution in [2.24, 2.45) is 7.05 Å². The number of hydrogen-bond acceptors (Lipinski definition) is 3. The van der Waals surface area contributed by atoms with Crippen molar-refractivity contribution >= 4 is 11.6 Å². The van der Waals surface area contributed by atoms with Crippen LogP contribution in [0.4, 0.5) is 5.69 Å². The molecule has 0 aliphatic rings. The average molecular weight is 272 g/mol. The van der Waals surface area contributed by atoms with Crippen LogP contribution in [0.2, 0.25) is 0 Å². The van der Waals surface area contributed by atoms with Crippen LogP contribution in [-0.4, -0.2) is 27.1 Å². The number of aryl methyl sites for hydroxylation is 1. The van der Waals surface area contributed by atoms with Crippen molar-refractivity contribution in [1.82, 2.24) is 14.7 Å². The Labute approximate surface area is 119 Å². The first-order chi connectivity index (χ1) is 9.63. The van der Waals surface area contributed by atoms with Gasteiger partial charge in [-0.2, -0.15) is 5.10 Å². The molecule has 1 aromatic carbocycles. The third-order valence-electron chi connectivity index (χ3n) is 3.17. The molecule has 2 rings (SSSR count). The third kappa shape index (κ3) is 2.99. The number of aromatic nitrogens is 2. The Balaban J connectivity index is 2.22. The van der Waals surface area contributed by atoms with Crippen molar-refractivity contribution in [3.63, 3.8) is 0 Å². The van der Waals surface area contributed by atoms with E-state index in [2.05, 4.69) is 12.0 Å². The lowest BCUT2D eigenvalue weighted by Crippen LogP contribution is -2.33. The van der Waals surface area contributed by atoms with Gasteiger partial charge in [0.2, 0.25) is 0 Å². The molecule has 106 valence electrons. The fourth-order valence-electron chi connectivity index (χ4n) is 2.19. The van der Waals surface area contributed by atoms with E-state index >= 15 is 0 Å². The Bertz CT molecular complexity index is 557. The minimum atomic E-state index is -0.0757. The molecule has 2 aromatic rings. The first-order valence-electron chi connectivity index (χ1n) is 6.74. The fraction of sp³-hybridized carbons (Fsp3) is 0.333. The maximum Gasteiger partial charge on any atom is 0.274 e. The molecule has 0 aliphatic heterocycles. The zero-order chi connectivity index (χ0) is 14.5. The quantitative estimate of drug-likeness (QED) is 0.906. The number of hydrogen-bond donors (Lipinski definition) is 1. The van der Waals surface area contributed by atoms with Crippen LogP contribution < -0.4 is 5.73 Å². The lowest BCUT2D eigenvalue weighted by molar-refractivity contribution is 0.0733. The van der Waals surface area contributed by atoms with E-state index in [1.165, 1.54) is 10.9 Å². The van der Waals surface area contributed by atoms with Gasteiger partial charge in [0.15, 0.2) is 0 Å². The second-order valence-corrected chi connectivity index (χ2v) is 4.78. The zero-order valence-corrected chi connectivity index (χ0v) is 11.9. The highest BCUT2D eigenvalue weighted by molar-refractivity contribution is 5.97. The van der Waals surface area contributed by atoms with E-state index in [4.69, 9.17) is 5.73 Å². The molecule has 0 atom stereocenters. The molecule has 0 saturated heterocycles. The maximum atomic E-state index is 12.6. The van der Waals surface area contributed by atoms with Gasteiger partial charge in [-0.25, -0.2) is 0 Å². The largest absolute Gasteiger partial charge is 0.396 e. The van der Waals surface area contributed by atoms with E-state index in [0.29, 0.717) is 24.5 Å². The van der Waals surface area contributed by atoms with Crippen molar-refractivity contribution in [3.8, 4) is 0 Å². The normalized spacial score (nSPS) is 10.5. The van der Waals surface area contributed by atoms with Crippen molar-refractivity contribution in [1.29, 1.82) is 0 Å². The molecule has 1 amide bonds. The Hall–Kier alpha value is -2.30. The lowest BCUT2D eigenvalue weighted by atomic mass is 10.2. The smallest absolute Gasteiger partial charge is 0.274 e. The Morgan fingerprint density at radius 1 is 1.35 bits per heavy atom. The molecular weight excluding hydrogens is 252 g/mol. The predicted octanol–water partition coefficient (Wildman–Crippen LogP) is 2.05. The summed E-state index contributed by atoms with van der Waals surface area (Å²) in [4.78, 5) is 14.4. The molecule has 20 heavy (non-hydrogen) atoms. The average Bonchev–Trinajstić information content (AvgIpc) is 2.78. The first kappa shape index (κ1) is 14.1. The molecule has 5 nitrogen and oxygen atoms in total. The highest BCUT2D eigenvalue weighted by Gasteiger charge is 2.21. The van der Waals surface area contributed by atoms with E-state index in [9.17, 15) is 4.79 Å². The fourth-order valence-corrected chi connectivity index (χ4v) is 2.19. The molecule has 0 saturated carbocycles. The van der Waals surface area contributed by atoms with Crippen LogP contribution in [0, 0.1) is 0 Å². The van der Waals surface area contributed by atoms with Gasteiger partial charge >= 0.3 is 0 Å². The number of carbonyl (C=O) groups excluding carboxylic acids is 1. The van der Waals surface area contributed by atoms with Gasteiger partial charge in [0.1, 0.15) is 5.69 Å². The molecule has 0 unspecified atom stereocenters. The van der Waals surface area contributed by atoms with Gasteiger partial charge in [0, 0.05) is 20.1 Å². The number of amides is 1. The summed E-state index contributed by atoms with van der Waals surface area (Å²) in [5.74, 6) is -0.0757. The van der Waals surface area contributed by atoms with E-state index in [0.717, 1.165) is 12.0 Å². The summed E-state index contributed by atoms with van der Waals surface area (Å²) in [6, 6.07) is 9.95. The summed E-state index contributed by atoms with van der Waals surface area (Å²) < 4.78 is 1.53. The van der Waals surface area contributed by atoms with Gasteiger partial charge in [0.05, 0.1) is 11.9 Å². The number of nitrogens with two attached hydrogens (primary N) is 1. The molecular formula is C15H20N4O. The van der Waals surface area contributed by atoms with Gasteiger partial charge < -0.3 is 10.6 Å². The van der Waals surface area contributed by atoms with Crippen LogP contribution >= 0.6 is 0 Å². The van der Waals surface area contributed by atoms with Crippen LogP contribution in [0.5, 0.6) is 0 Å². The lowest BCUT2D eigenvalue weighted by Gasteiger charge is -2.22. The molecule has 0 fully saturated rings. The van der Waals surface area contributed by atoms with Crippen LogP contribution in [0.25, 0.3) is 0 Å². The summed E-state index contributed by atoms with van der Waals surface area (Å²) in [5, 5.41) is 4.03. The second kappa shape index (κ2) is 6.23. The van der Waals surface area contributed by atoms with Crippen molar-refractivity contribution in [3.05, 3.63) is 47.8 Å². The van der Waals surface area contributed by atoms with Gasteiger partial charge in [-0.3, -0.25) is 9.48 Å². The first-order valence-corrected chi connectivity index (χ1v) is 6.74. The zero-order valence-electron chi connectivity index (χ0n) is 11.9. The predicted molar refractivity (Wildman–Crippen MR) is 79.1 cm³/mol. The summed E-state index contributed by atoms with van der Waals surface area (Å²) in [6.07, 6.45) is 2.41. The van der Waals surface area contributed by atoms with Crippen molar-refractivity contribution in [2.75, 3.05) is 12.3 Å².